The van der Waals surface area contributed by atoms with E-state index in [0.29, 0.717) is 31.0 Å². The molecular weight excluding hydrogens is 710 g/mol. The van der Waals surface area contributed by atoms with Gasteiger partial charge in [-0.15, -0.1) is 0 Å². The predicted octanol–water partition coefficient (Wildman–Crippen LogP) is 4.84. The molecule has 12 nitrogen and oxygen atoms in total. The van der Waals surface area contributed by atoms with Gasteiger partial charge in [0.15, 0.2) is 0 Å². The van der Waals surface area contributed by atoms with Gasteiger partial charge in [0.25, 0.3) is 5.91 Å². The number of benzene rings is 2. The maximum absolute atomic E-state index is 15.2. The van der Waals surface area contributed by atoms with Crippen molar-refractivity contribution in [2.45, 2.75) is 83.2 Å². The Morgan fingerprint density at radius 2 is 1.66 bits per heavy atom. The molecule has 0 bridgehead atoms. The Bertz CT molecular complexity index is 2130. The van der Waals surface area contributed by atoms with Crippen LogP contribution in [-0.2, 0) is 22.6 Å². The predicted molar refractivity (Wildman–Crippen MR) is 213 cm³/mol. The maximum atomic E-state index is 15.2. The van der Waals surface area contributed by atoms with Gasteiger partial charge >= 0.3 is 0 Å². The number of amides is 3. The van der Waals surface area contributed by atoms with Gasteiger partial charge in [0.1, 0.15) is 11.7 Å². The number of aromatic nitrogens is 3. The van der Waals surface area contributed by atoms with E-state index in [2.05, 4.69) is 67.2 Å². The summed E-state index contributed by atoms with van der Waals surface area (Å²) in [6.07, 6.45) is 7.58. The summed E-state index contributed by atoms with van der Waals surface area (Å²) in [6.45, 7) is 12.9. The Kier molecular flexibility index (Phi) is 9.56. The summed E-state index contributed by atoms with van der Waals surface area (Å²) < 4.78 is 15.2. The molecule has 5 aliphatic rings. The molecule has 2 N–H and O–H groups in total. The second kappa shape index (κ2) is 14.6. The first kappa shape index (κ1) is 36.7. The van der Waals surface area contributed by atoms with E-state index < -0.39 is 11.7 Å². The Labute approximate surface area is 327 Å². The van der Waals surface area contributed by atoms with E-state index in [1.54, 1.807) is 18.7 Å². The lowest BCUT2D eigenvalue weighted by molar-refractivity contribution is -0.136. The molecule has 3 amide bonds. The molecule has 0 spiro atoms. The fourth-order valence-electron chi connectivity index (χ4n) is 9.81. The number of nitrogens with one attached hydrogen (secondary N) is 2. The van der Waals surface area contributed by atoms with Crippen LogP contribution in [0.25, 0.3) is 10.9 Å². The first-order valence-electron chi connectivity index (χ1n) is 20.3. The van der Waals surface area contributed by atoms with Crippen molar-refractivity contribution in [3.63, 3.8) is 0 Å². The van der Waals surface area contributed by atoms with Crippen LogP contribution in [0.2, 0.25) is 0 Å². The molecule has 13 heteroatoms. The largest absolute Gasteiger partial charge is 0.369 e. The number of anilines is 2. The summed E-state index contributed by atoms with van der Waals surface area (Å²) in [6, 6.07) is 13.9. The zero-order valence-corrected chi connectivity index (χ0v) is 32.6. The highest BCUT2D eigenvalue weighted by Gasteiger charge is 2.41. The molecule has 56 heavy (non-hydrogen) atoms. The Morgan fingerprint density at radius 1 is 0.911 bits per heavy atom. The average Bonchev–Trinajstić information content (AvgIpc) is 3.71. The molecule has 7 heterocycles. The third-order valence-electron chi connectivity index (χ3n) is 12.7. The molecule has 3 saturated heterocycles. The number of para-hydroxylation sites is 1. The van der Waals surface area contributed by atoms with Crippen LogP contribution in [0.15, 0.2) is 54.9 Å². The Hall–Kier alpha value is -4.88. The molecule has 0 saturated carbocycles. The van der Waals surface area contributed by atoms with Crippen LogP contribution in [0.5, 0.6) is 0 Å². The van der Waals surface area contributed by atoms with E-state index in [9.17, 15) is 14.4 Å². The van der Waals surface area contributed by atoms with Gasteiger partial charge in [0.2, 0.25) is 17.8 Å². The van der Waals surface area contributed by atoms with Crippen molar-refractivity contribution in [1.82, 2.24) is 35.0 Å². The van der Waals surface area contributed by atoms with Crippen molar-refractivity contribution < 1.29 is 18.8 Å². The second-order valence-electron chi connectivity index (χ2n) is 17.2. The SMILES string of the molecule is C[C@@H]1Cc2c([nH]c3ccccc23)[C@@H](c2cnc(N3CCC(CN4CCN(c5ccc6c(c5)CN(C5CCC(=O)NC5=O)C6=O)CC4)CC3)nc2)N1CC(C)(C)F. The number of piperazine rings is 1. The molecular formula is C43H52FN9O3. The van der Waals surface area contributed by atoms with E-state index in [1.807, 2.05) is 24.5 Å². The lowest BCUT2D eigenvalue weighted by Crippen LogP contribution is -2.52. The quantitative estimate of drug-likeness (QED) is 0.243. The third-order valence-corrected chi connectivity index (χ3v) is 12.7. The van der Waals surface area contributed by atoms with E-state index >= 15 is 4.39 Å². The standard InChI is InChI=1S/C43H52FN9O3/c1-27-20-34-33-6-4-5-7-35(33)47-38(34)39(53(27)26-43(2,3)44)30-22-45-42(46-23-30)51-14-12-28(13-15-51)24-49-16-18-50(19-17-49)31-8-9-32-29(21-31)25-52(41(32)56)36-10-11-37(54)48-40(36)55/h4-9,21-23,27-28,36,39,47H,10-20,24-26H2,1-3H3,(H,48,54,55)/t27-,36?,39-/m1/s1. The van der Waals surface area contributed by atoms with E-state index in [1.165, 1.54) is 10.9 Å². The van der Waals surface area contributed by atoms with Gasteiger partial charge in [-0.2, -0.15) is 0 Å². The summed E-state index contributed by atoms with van der Waals surface area (Å²) in [5.74, 6) is 0.583. The minimum Gasteiger partial charge on any atom is -0.369 e. The molecule has 1 unspecified atom stereocenters. The number of fused-ring (bicyclic) bond motifs is 4. The van der Waals surface area contributed by atoms with Crippen LogP contribution >= 0.6 is 0 Å². The van der Waals surface area contributed by atoms with Gasteiger partial charge in [0, 0.05) is 117 Å². The van der Waals surface area contributed by atoms with Crippen LogP contribution in [0.1, 0.15) is 85.2 Å². The molecule has 2 aromatic carbocycles. The summed E-state index contributed by atoms with van der Waals surface area (Å²) in [5.41, 5.74) is 5.88. The van der Waals surface area contributed by atoms with Gasteiger partial charge in [0.05, 0.1) is 6.04 Å². The van der Waals surface area contributed by atoms with Crippen molar-refractivity contribution in [3.8, 4) is 0 Å². The van der Waals surface area contributed by atoms with Gasteiger partial charge in [-0.1, -0.05) is 18.2 Å². The van der Waals surface area contributed by atoms with Crippen molar-refractivity contribution >= 4 is 40.3 Å². The van der Waals surface area contributed by atoms with Crippen molar-refractivity contribution in [3.05, 3.63) is 82.8 Å². The molecule has 294 valence electrons. The fraction of sp³-hybridized carbons (Fsp3) is 0.512. The van der Waals surface area contributed by atoms with Crippen LogP contribution in [0.4, 0.5) is 16.0 Å². The topological polar surface area (TPSA) is 121 Å². The number of hydrogen-bond donors (Lipinski definition) is 2. The number of piperidine rings is 2. The Balaban J connectivity index is 0.791. The van der Waals surface area contributed by atoms with Crippen molar-refractivity contribution in [2.75, 3.05) is 62.2 Å². The minimum absolute atomic E-state index is 0.134. The van der Waals surface area contributed by atoms with E-state index in [4.69, 9.17) is 9.97 Å². The summed E-state index contributed by atoms with van der Waals surface area (Å²) >= 11 is 0. The zero-order chi connectivity index (χ0) is 38.7. The number of aromatic amines is 1. The molecule has 0 radical (unpaired) electrons. The zero-order valence-electron chi connectivity index (χ0n) is 32.6. The average molecular weight is 762 g/mol. The van der Waals surface area contributed by atoms with Gasteiger partial charge in [-0.3, -0.25) is 29.5 Å². The molecule has 5 aliphatic heterocycles. The number of imide groups is 1. The van der Waals surface area contributed by atoms with E-state index in [0.717, 1.165) is 99.0 Å². The number of hydrogen-bond acceptors (Lipinski definition) is 9. The number of rotatable bonds is 8. The molecule has 3 atom stereocenters. The highest BCUT2D eigenvalue weighted by atomic mass is 19.1. The van der Waals surface area contributed by atoms with Gasteiger partial charge in [-0.25, -0.2) is 14.4 Å². The van der Waals surface area contributed by atoms with Crippen molar-refractivity contribution in [2.24, 2.45) is 5.92 Å². The number of nitrogens with zero attached hydrogens (tertiary/aromatic N) is 7. The molecule has 4 aromatic rings. The lowest BCUT2D eigenvalue weighted by atomic mass is 9.88. The second-order valence-corrected chi connectivity index (χ2v) is 17.2. The van der Waals surface area contributed by atoms with Gasteiger partial charge in [-0.05, 0) is 87.8 Å². The number of carbonyl (C=O) groups excluding carboxylic acids is 3. The summed E-state index contributed by atoms with van der Waals surface area (Å²) in [7, 11) is 0. The lowest BCUT2D eigenvalue weighted by Gasteiger charge is -2.42. The minimum atomic E-state index is -1.34. The number of alkyl halides is 1. The third kappa shape index (κ3) is 7.04. The summed E-state index contributed by atoms with van der Waals surface area (Å²) in [4.78, 5) is 61.9. The molecule has 3 fully saturated rings. The van der Waals surface area contributed by atoms with Crippen LogP contribution < -0.4 is 15.1 Å². The first-order chi connectivity index (χ1) is 27.0. The summed E-state index contributed by atoms with van der Waals surface area (Å²) in [5, 5.41) is 3.62. The number of carbonyl (C=O) groups is 3. The monoisotopic (exact) mass is 761 g/mol. The number of halogens is 1. The van der Waals surface area contributed by atoms with Crippen LogP contribution in [0, 0.1) is 5.92 Å². The smallest absolute Gasteiger partial charge is 0.255 e. The van der Waals surface area contributed by atoms with Crippen LogP contribution in [-0.4, -0.2) is 117 Å². The van der Waals surface area contributed by atoms with Gasteiger partial charge < -0.3 is 19.7 Å². The first-order valence-corrected chi connectivity index (χ1v) is 20.3. The highest BCUT2D eigenvalue weighted by molar-refractivity contribution is 6.05. The van der Waals surface area contributed by atoms with E-state index in [-0.39, 0.29) is 36.2 Å². The maximum Gasteiger partial charge on any atom is 0.255 e. The molecule has 0 aliphatic carbocycles. The normalized spacial score (nSPS) is 24.2. The van der Waals surface area contributed by atoms with Crippen LogP contribution in [0.3, 0.4) is 0 Å². The Morgan fingerprint density at radius 3 is 2.39 bits per heavy atom. The highest BCUT2D eigenvalue weighted by Crippen LogP contribution is 2.41. The van der Waals surface area contributed by atoms with Crippen molar-refractivity contribution in [1.29, 1.82) is 0 Å². The molecule has 2 aromatic heterocycles. The fourth-order valence-corrected chi connectivity index (χ4v) is 9.81. The molecule has 9 rings (SSSR count). The number of H-pyrrole nitrogens is 1.